The predicted molar refractivity (Wildman–Crippen MR) is 101 cm³/mol. The summed E-state index contributed by atoms with van der Waals surface area (Å²) in [4.78, 5) is 22.9. The van der Waals surface area contributed by atoms with Gasteiger partial charge in [-0.05, 0) is 30.4 Å². The maximum Gasteiger partial charge on any atom is 0.302 e. The third-order valence-electron chi connectivity index (χ3n) is 3.61. The number of halogens is 1. The zero-order chi connectivity index (χ0) is 19.0. The molecule has 5 nitrogen and oxygen atoms in total. The minimum absolute atomic E-state index is 0.00661. The van der Waals surface area contributed by atoms with Gasteiger partial charge in [-0.1, -0.05) is 36.7 Å². The number of methoxy groups -OCH3 is 1. The molecule has 0 aromatic heterocycles. The van der Waals surface area contributed by atoms with Crippen molar-refractivity contribution in [1.29, 1.82) is 0 Å². The van der Waals surface area contributed by atoms with Gasteiger partial charge in [0, 0.05) is 18.1 Å². The van der Waals surface area contributed by atoms with Crippen molar-refractivity contribution in [3.63, 3.8) is 0 Å². The van der Waals surface area contributed by atoms with Crippen LogP contribution < -0.4 is 9.47 Å². The second kappa shape index (κ2) is 9.80. The van der Waals surface area contributed by atoms with E-state index < -0.39 is 0 Å². The van der Waals surface area contributed by atoms with Crippen LogP contribution in [0.3, 0.4) is 0 Å². The molecule has 0 unspecified atom stereocenters. The van der Waals surface area contributed by atoms with Gasteiger partial charge in [0.05, 0.1) is 25.7 Å². The van der Waals surface area contributed by atoms with Gasteiger partial charge in [0.25, 0.3) is 0 Å². The molecule has 0 aliphatic rings. The van der Waals surface area contributed by atoms with Crippen LogP contribution in [0, 0.1) is 0 Å². The fourth-order valence-electron chi connectivity index (χ4n) is 2.32. The molecule has 0 N–H and O–H groups in total. The average Bonchev–Trinajstić information content (AvgIpc) is 2.55. The maximum absolute atomic E-state index is 12.1. The van der Waals surface area contributed by atoms with E-state index in [9.17, 15) is 9.59 Å². The third-order valence-corrected chi connectivity index (χ3v) is 4.12. The van der Waals surface area contributed by atoms with Gasteiger partial charge in [-0.25, -0.2) is 0 Å². The number of alkyl halides is 1. The SMILES string of the molecule is COc1c(OCCCCOC(C)=O)cc(C(=O)CBr)cc1C(C)(C)C. The summed E-state index contributed by atoms with van der Waals surface area (Å²) in [7, 11) is 1.60. The van der Waals surface area contributed by atoms with Crippen LogP contribution >= 0.6 is 15.9 Å². The van der Waals surface area contributed by atoms with Crippen molar-refractivity contribution >= 4 is 27.7 Å². The first-order valence-corrected chi connectivity index (χ1v) is 9.40. The van der Waals surface area contributed by atoms with Gasteiger partial charge < -0.3 is 14.2 Å². The topological polar surface area (TPSA) is 61.8 Å². The maximum atomic E-state index is 12.1. The predicted octanol–water partition coefficient (Wildman–Crippen LogP) is 4.29. The number of hydrogen-bond donors (Lipinski definition) is 0. The fraction of sp³-hybridized carbons (Fsp3) is 0.579. The number of benzene rings is 1. The molecule has 0 heterocycles. The molecule has 1 aromatic carbocycles. The van der Waals surface area contributed by atoms with E-state index in [0.717, 1.165) is 12.0 Å². The fourth-order valence-corrected chi connectivity index (χ4v) is 2.64. The summed E-state index contributed by atoms with van der Waals surface area (Å²) in [5.74, 6) is 0.927. The normalized spacial score (nSPS) is 11.1. The van der Waals surface area contributed by atoms with Crippen LogP contribution in [0.25, 0.3) is 0 Å². The first kappa shape index (κ1) is 21.5. The molecule has 0 saturated heterocycles. The quantitative estimate of drug-likeness (QED) is 0.261. The van der Waals surface area contributed by atoms with E-state index in [1.54, 1.807) is 13.2 Å². The van der Waals surface area contributed by atoms with Crippen molar-refractivity contribution in [3.8, 4) is 11.5 Å². The standard InChI is InChI=1S/C19H27BrO5/c1-13(21)24-8-6-7-9-25-17-11-14(16(22)12-20)10-15(18(17)23-5)19(2,3)4/h10-11H,6-9,12H2,1-5H3. The molecule has 1 aromatic rings. The number of Topliss-reactive ketones (excluding diaryl/α,β-unsaturated/α-hetero) is 1. The van der Waals surface area contributed by atoms with Crippen LogP contribution in [0.1, 0.15) is 56.5 Å². The Morgan fingerprint density at radius 2 is 1.76 bits per heavy atom. The summed E-state index contributed by atoms with van der Waals surface area (Å²) in [6.07, 6.45) is 1.45. The number of unbranched alkanes of at least 4 members (excludes halogenated alkanes) is 1. The largest absolute Gasteiger partial charge is 0.493 e. The lowest BCUT2D eigenvalue weighted by molar-refractivity contribution is -0.141. The molecule has 140 valence electrons. The Hall–Kier alpha value is -1.56. The molecular weight excluding hydrogens is 388 g/mol. The van der Waals surface area contributed by atoms with E-state index in [0.29, 0.717) is 36.7 Å². The van der Waals surface area contributed by atoms with Crippen LogP contribution in [0.2, 0.25) is 0 Å². The van der Waals surface area contributed by atoms with Crippen molar-refractivity contribution in [3.05, 3.63) is 23.3 Å². The lowest BCUT2D eigenvalue weighted by atomic mass is 9.84. The van der Waals surface area contributed by atoms with Crippen LogP contribution in [-0.4, -0.2) is 37.4 Å². The Bertz CT molecular complexity index is 605. The van der Waals surface area contributed by atoms with Crippen molar-refractivity contribution in [2.75, 3.05) is 25.7 Å². The van der Waals surface area contributed by atoms with E-state index in [2.05, 4.69) is 36.7 Å². The molecule has 0 atom stereocenters. The molecule has 1 rings (SSSR count). The van der Waals surface area contributed by atoms with Crippen molar-refractivity contribution in [2.45, 2.75) is 46.0 Å². The first-order valence-electron chi connectivity index (χ1n) is 8.28. The summed E-state index contributed by atoms with van der Waals surface area (Å²) < 4.78 is 16.3. The molecule has 0 saturated carbocycles. The van der Waals surface area contributed by atoms with E-state index >= 15 is 0 Å². The second-order valence-corrected chi connectivity index (χ2v) is 7.32. The summed E-state index contributed by atoms with van der Waals surface area (Å²) in [6, 6.07) is 3.60. The smallest absolute Gasteiger partial charge is 0.302 e. The number of rotatable bonds is 9. The van der Waals surface area contributed by atoms with Crippen LogP contribution in [0.4, 0.5) is 0 Å². The zero-order valence-electron chi connectivity index (χ0n) is 15.6. The van der Waals surface area contributed by atoms with Gasteiger partial charge in [0.2, 0.25) is 0 Å². The Balaban J connectivity index is 2.95. The molecular formula is C19H27BrO5. The molecule has 0 fully saturated rings. The Morgan fingerprint density at radius 1 is 1.12 bits per heavy atom. The van der Waals surface area contributed by atoms with Crippen molar-refractivity contribution in [1.82, 2.24) is 0 Å². The molecule has 0 spiro atoms. The third kappa shape index (κ3) is 6.69. The molecule has 0 amide bonds. The Kier molecular flexibility index (Phi) is 8.42. The summed E-state index contributed by atoms with van der Waals surface area (Å²) in [5.41, 5.74) is 1.33. The van der Waals surface area contributed by atoms with Gasteiger partial charge in [0.1, 0.15) is 0 Å². The van der Waals surface area contributed by atoms with Crippen molar-refractivity contribution in [2.24, 2.45) is 0 Å². The number of carbonyl (C=O) groups is 2. The summed E-state index contributed by atoms with van der Waals surface area (Å²) >= 11 is 3.22. The van der Waals surface area contributed by atoms with Crippen molar-refractivity contribution < 1.29 is 23.8 Å². The first-order chi connectivity index (χ1) is 11.7. The van der Waals surface area contributed by atoms with Gasteiger partial charge in [-0.15, -0.1) is 0 Å². The van der Waals surface area contributed by atoms with Gasteiger partial charge in [0.15, 0.2) is 17.3 Å². The van der Waals surface area contributed by atoms with Crippen LogP contribution in [0.15, 0.2) is 12.1 Å². The highest BCUT2D eigenvalue weighted by Crippen LogP contribution is 2.40. The molecule has 0 bridgehead atoms. The minimum atomic E-state index is -0.279. The monoisotopic (exact) mass is 414 g/mol. The van der Waals surface area contributed by atoms with E-state index in [1.165, 1.54) is 6.92 Å². The van der Waals surface area contributed by atoms with Gasteiger partial charge in [-0.3, -0.25) is 9.59 Å². The molecule has 25 heavy (non-hydrogen) atoms. The van der Waals surface area contributed by atoms with E-state index in [4.69, 9.17) is 14.2 Å². The molecule has 6 heteroatoms. The number of carbonyl (C=O) groups excluding carboxylic acids is 2. The highest BCUT2D eigenvalue weighted by molar-refractivity contribution is 9.09. The Morgan fingerprint density at radius 3 is 2.28 bits per heavy atom. The second-order valence-electron chi connectivity index (χ2n) is 6.76. The summed E-state index contributed by atoms with van der Waals surface area (Å²) in [5, 5.41) is 0.255. The van der Waals surface area contributed by atoms with Crippen LogP contribution in [-0.2, 0) is 14.9 Å². The minimum Gasteiger partial charge on any atom is -0.493 e. The van der Waals surface area contributed by atoms with Gasteiger partial charge >= 0.3 is 5.97 Å². The van der Waals surface area contributed by atoms with Crippen LogP contribution in [0.5, 0.6) is 11.5 Å². The lowest BCUT2D eigenvalue weighted by Gasteiger charge is -2.25. The number of hydrogen-bond acceptors (Lipinski definition) is 5. The lowest BCUT2D eigenvalue weighted by Crippen LogP contribution is -2.16. The number of ether oxygens (including phenoxy) is 3. The Labute approximate surface area is 158 Å². The number of ketones is 1. The molecule has 0 aliphatic heterocycles. The average molecular weight is 415 g/mol. The van der Waals surface area contributed by atoms with Gasteiger partial charge in [-0.2, -0.15) is 0 Å². The summed E-state index contributed by atoms with van der Waals surface area (Å²) in [6.45, 7) is 8.42. The zero-order valence-corrected chi connectivity index (χ0v) is 17.2. The number of esters is 1. The molecule has 0 radical (unpaired) electrons. The molecule has 0 aliphatic carbocycles. The highest BCUT2D eigenvalue weighted by atomic mass is 79.9. The van der Waals surface area contributed by atoms with E-state index in [1.807, 2.05) is 6.07 Å². The highest BCUT2D eigenvalue weighted by Gasteiger charge is 2.24. The van der Waals surface area contributed by atoms with E-state index in [-0.39, 0.29) is 22.5 Å².